The molecule has 1 heterocycles. The second-order valence-electron chi connectivity index (χ2n) is 5.07. The highest BCUT2D eigenvalue weighted by Gasteiger charge is 2.28. The monoisotopic (exact) mass is 292 g/mol. The molecule has 1 aliphatic heterocycles. The Balaban J connectivity index is 1.94. The summed E-state index contributed by atoms with van der Waals surface area (Å²) in [7, 11) is 0. The summed E-state index contributed by atoms with van der Waals surface area (Å²) in [5.41, 5.74) is 2.54. The van der Waals surface area contributed by atoms with Crippen LogP contribution >= 0.6 is 11.6 Å². The maximum absolute atomic E-state index is 13.5. The van der Waals surface area contributed by atoms with E-state index in [2.05, 4.69) is 0 Å². The van der Waals surface area contributed by atoms with E-state index in [9.17, 15) is 9.50 Å². The Hall–Kier alpha value is -1.58. The predicted molar refractivity (Wildman–Crippen MR) is 75.5 cm³/mol. The zero-order chi connectivity index (χ0) is 14.3. The summed E-state index contributed by atoms with van der Waals surface area (Å²) in [5.74, 6) is 0.173. The molecular formula is C16H14ClFO2. The summed E-state index contributed by atoms with van der Waals surface area (Å²) >= 11 is 5.68. The second-order valence-corrected chi connectivity index (χ2v) is 5.48. The molecule has 0 saturated heterocycles. The molecule has 2 aromatic carbocycles. The molecule has 0 aromatic heterocycles. The predicted octanol–water partition coefficient (Wildman–Crippen LogP) is 4.34. The smallest absolute Gasteiger partial charge is 0.142 e. The van der Waals surface area contributed by atoms with E-state index in [1.807, 2.05) is 25.1 Å². The Kier molecular flexibility index (Phi) is 3.40. The number of benzene rings is 2. The molecule has 0 amide bonds. The lowest BCUT2D eigenvalue weighted by atomic mass is 9.94. The summed E-state index contributed by atoms with van der Waals surface area (Å²) in [4.78, 5) is 0. The van der Waals surface area contributed by atoms with Crippen LogP contribution in [0.5, 0.6) is 5.75 Å². The summed E-state index contributed by atoms with van der Waals surface area (Å²) < 4.78 is 19.4. The molecule has 2 atom stereocenters. The van der Waals surface area contributed by atoms with Crippen LogP contribution in [0.2, 0.25) is 5.02 Å². The van der Waals surface area contributed by atoms with Crippen LogP contribution in [-0.2, 0) is 0 Å². The highest BCUT2D eigenvalue weighted by atomic mass is 35.5. The van der Waals surface area contributed by atoms with Gasteiger partial charge in [0.1, 0.15) is 17.7 Å². The van der Waals surface area contributed by atoms with E-state index < -0.39 is 11.9 Å². The van der Waals surface area contributed by atoms with Gasteiger partial charge in [0, 0.05) is 12.0 Å². The van der Waals surface area contributed by atoms with Crippen molar-refractivity contribution in [3.05, 3.63) is 63.9 Å². The molecule has 1 unspecified atom stereocenters. The van der Waals surface area contributed by atoms with E-state index in [4.69, 9.17) is 16.3 Å². The summed E-state index contributed by atoms with van der Waals surface area (Å²) in [5, 5.41) is 10.3. The van der Waals surface area contributed by atoms with Gasteiger partial charge in [-0.05, 0) is 36.8 Å². The first kappa shape index (κ1) is 13.4. The number of hydrogen-bond acceptors (Lipinski definition) is 2. The summed E-state index contributed by atoms with van der Waals surface area (Å²) in [6, 6.07) is 10.3. The lowest BCUT2D eigenvalue weighted by Gasteiger charge is -2.30. The molecular weight excluding hydrogens is 279 g/mol. The molecule has 2 aromatic rings. The second kappa shape index (κ2) is 5.08. The molecule has 0 fully saturated rings. The SMILES string of the molecule is Cc1ccc2c(c1)[C@@H](O)CC(c1ccc(Cl)c(F)c1)O2. The van der Waals surface area contributed by atoms with Gasteiger partial charge in [-0.3, -0.25) is 0 Å². The van der Waals surface area contributed by atoms with Gasteiger partial charge in [0.2, 0.25) is 0 Å². The van der Waals surface area contributed by atoms with Crippen molar-refractivity contribution in [1.29, 1.82) is 0 Å². The molecule has 2 nitrogen and oxygen atoms in total. The standard InChI is InChI=1S/C16H14ClFO2/c1-9-2-5-15-11(6-9)14(19)8-16(20-15)10-3-4-12(17)13(18)7-10/h2-7,14,16,19H,8H2,1H3/t14-,16?/m0/s1. The molecule has 0 radical (unpaired) electrons. The minimum atomic E-state index is -0.609. The van der Waals surface area contributed by atoms with Crippen molar-refractivity contribution in [3.63, 3.8) is 0 Å². The van der Waals surface area contributed by atoms with Crippen LogP contribution in [0.3, 0.4) is 0 Å². The van der Waals surface area contributed by atoms with Gasteiger partial charge in [0.25, 0.3) is 0 Å². The van der Waals surface area contributed by atoms with Gasteiger partial charge in [0.15, 0.2) is 0 Å². The average Bonchev–Trinajstić information content (AvgIpc) is 2.42. The van der Waals surface area contributed by atoms with Crippen LogP contribution in [0.4, 0.5) is 4.39 Å². The minimum absolute atomic E-state index is 0.0844. The van der Waals surface area contributed by atoms with E-state index in [0.29, 0.717) is 17.7 Å². The van der Waals surface area contributed by atoms with Crippen LogP contribution in [0.25, 0.3) is 0 Å². The van der Waals surface area contributed by atoms with Gasteiger partial charge in [-0.1, -0.05) is 29.3 Å². The fourth-order valence-corrected chi connectivity index (χ4v) is 2.60. The topological polar surface area (TPSA) is 29.5 Å². The first-order valence-corrected chi connectivity index (χ1v) is 6.82. The first-order chi connectivity index (χ1) is 9.54. The zero-order valence-corrected chi connectivity index (χ0v) is 11.7. The van der Waals surface area contributed by atoms with Crippen LogP contribution in [0.15, 0.2) is 36.4 Å². The number of aliphatic hydroxyl groups is 1. The van der Waals surface area contributed by atoms with Gasteiger partial charge in [-0.25, -0.2) is 4.39 Å². The van der Waals surface area contributed by atoms with E-state index in [1.54, 1.807) is 6.07 Å². The third kappa shape index (κ3) is 2.39. The van der Waals surface area contributed by atoms with Crippen LogP contribution in [0, 0.1) is 12.7 Å². The fraction of sp³-hybridized carbons (Fsp3) is 0.250. The molecule has 0 saturated carbocycles. The molecule has 0 aliphatic carbocycles. The zero-order valence-electron chi connectivity index (χ0n) is 10.9. The van der Waals surface area contributed by atoms with Gasteiger partial charge < -0.3 is 9.84 Å². The largest absolute Gasteiger partial charge is 0.485 e. The quantitative estimate of drug-likeness (QED) is 0.847. The lowest BCUT2D eigenvalue weighted by Crippen LogP contribution is -2.19. The Morgan fingerprint density at radius 3 is 2.80 bits per heavy atom. The Bertz CT molecular complexity index is 657. The van der Waals surface area contributed by atoms with E-state index in [-0.39, 0.29) is 11.1 Å². The van der Waals surface area contributed by atoms with Crippen molar-refractivity contribution in [2.45, 2.75) is 25.6 Å². The van der Waals surface area contributed by atoms with E-state index >= 15 is 0 Å². The van der Waals surface area contributed by atoms with Gasteiger partial charge in [-0.15, -0.1) is 0 Å². The average molecular weight is 293 g/mol. The molecule has 0 spiro atoms. The van der Waals surface area contributed by atoms with Crippen molar-refractivity contribution in [1.82, 2.24) is 0 Å². The molecule has 20 heavy (non-hydrogen) atoms. The van der Waals surface area contributed by atoms with E-state index in [0.717, 1.165) is 11.1 Å². The number of ether oxygens (including phenoxy) is 1. The normalized spacial score (nSPS) is 21.2. The number of fused-ring (bicyclic) bond motifs is 1. The van der Waals surface area contributed by atoms with Crippen molar-refractivity contribution < 1.29 is 14.2 Å². The number of halogens is 2. The van der Waals surface area contributed by atoms with Crippen LogP contribution in [-0.4, -0.2) is 5.11 Å². The van der Waals surface area contributed by atoms with Crippen LogP contribution < -0.4 is 4.74 Å². The Morgan fingerprint density at radius 2 is 2.05 bits per heavy atom. The summed E-state index contributed by atoms with van der Waals surface area (Å²) in [6.45, 7) is 1.97. The third-order valence-corrected chi connectivity index (χ3v) is 3.85. The van der Waals surface area contributed by atoms with Gasteiger partial charge in [-0.2, -0.15) is 0 Å². The van der Waals surface area contributed by atoms with Gasteiger partial charge in [0.05, 0.1) is 11.1 Å². The highest BCUT2D eigenvalue weighted by molar-refractivity contribution is 6.30. The number of aliphatic hydroxyl groups excluding tert-OH is 1. The summed E-state index contributed by atoms with van der Waals surface area (Å²) in [6.07, 6.45) is -0.577. The van der Waals surface area contributed by atoms with Crippen molar-refractivity contribution >= 4 is 11.6 Å². The van der Waals surface area contributed by atoms with E-state index in [1.165, 1.54) is 12.1 Å². The molecule has 0 bridgehead atoms. The number of rotatable bonds is 1. The van der Waals surface area contributed by atoms with Gasteiger partial charge >= 0.3 is 0 Å². The van der Waals surface area contributed by atoms with Crippen molar-refractivity contribution in [2.75, 3.05) is 0 Å². The Labute approximate surface area is 121 Å². The molecule has 3 rings (SSSR count). The first-order valence-electron chi connectivity index (χ1n) is 6.45. The van der Waals surface area contributed by atoms with Crippen molar-refractivity contribution in [3.8, 4) is 5.75 Å². The number of hydrogen-bond donors (Lipinski definition) is 1. The maximum atomic E-state index is 13.5. The fourth-order valence-electron chi connectivity index (χ4n) is 2.48. The highest BCUT2D eigenvalue weighted by Crippen LogP contribution is 2.41. The molecule has 4 heteroatoms. The third-order valence-electron chi connectivity index (χ3n) is 3.55. The lowest BCUT2D eigenvalue weighted by molar-refractivity contribution is 0.0655. The van der Waals surface area contributed by atoms with Crippen LogP contribution in [0.1, 0.15) is 35.3 Å². The molecule has 104 valence electrons. The molecule has 1 aliphatic rings. The van der Waals surface area contributed by atoms with Crippen molar-refractivity contribution in [2.24, 2.45) is 0 Å². The Morgan fingerprint density at radius 1 is 1.25 bits per heavy atom. The number of aryl methyl sites for hydroxylation is 1. The minimum Gasteiger partial charge on any atom is -0.485 e. The molecule has 1 N–H and O–H groups in total. The maximum Gasteiger partial charge on any atom is 0.142 e.